The minimum Gasteiger partial charge on any atom is -0.481 e. The van der Waals surface area contributed by atoms with Gasteiger partial charge in [0.1, 0.15) is 0 Å². The Kier molecular flexibility index (Phi) is 4.04. The van der Waals surface area contributed by atoms with E-state index in [2.05, 4.69) is 5.32 Å². The molecular formula is C15H18ClNO3. The lowest BCUT2D eigenvalue weighted by Crippen LogP contribution is -2.47. The third-order valence-electron chi connectivity index (χ3n) is 4.06. The second kappa shape index (κ2) is 5.44. The van der Waals surface area contributed by atoms with Crippen LogP contribution in [-0.2, 0) is 4.79 Å². The van der Waals surface area contributed by atoms with E-state index in [1.54, 1.807) is 25.1 Å². The molecule has 0 saturated heterocycles. The van der Waals surface area contributed by atoms with Crippen LogP contribution in [0, 0.1) is 12.3 Å². The van der Waals surface area contributed by atoms with Crippen molar-refractivity contribution >= 4 is 23.5 Å². The summed E-state index contributed by atoms with van der Waals surface area (Å²) < 4.78 is 0. The summed E-state index contributed by atoms with van der Waals surface area (Å²) in [5.41, 5.74) is 0.480. The fourth-order valence-corrected chi connectivity index (χ4v) is 3.05. The molecule has 0 aromatic heterocycles. The Morgan fingerprint density at radius 2 is 2.10 bits per heavy atom. The van der Waals surface area contributed by atoms with Crippen LogP contribution in [0.25, 0.3) is 0 Å². The van der Waals surface area contributed by atoms with Gasteiger partial charge in [-0.2, -0.15) is 0 Å². The average Bonchev–Trinajstić information content (AvgIpc) is 2.71. The Morgan fingerprint density at radius 1 is 1.40 bits per heavy atom. The van der Waals surface area contributed by atoms with Crippen molar-refractivity contribution in [2.45, 2.75) is 39.2 Å². The molecule has 2 atom stereocenters. The molecule has 1 saturated carbocycles. The number of rotatable bonds is 3. The van der Waals surface area contributed by atoms with Gasteiger partial charge in [-0.1, -0.05) is 18.0 Å². The second-order valence-electron chi connectivity index (χ2n) is 5.66. The summed E-state index contributed by atoms with van der Waals surface area (Å²) in [5, 5.41) is 12.7. The van der Waals surface area contributed by atoms with E-state index in [-0.39, 0.29) is 11.9 Å². The van der Waals surface area contributed by atoms with Gasteiger partial charge in [0.2, 0.25) is 0 Å². The predicted molar refractivity (Wildman–Crippen MR) is 77.0 cm³/mol. The molecule has 1 aromatic carbocycles. The van der Waals surface area contributed by atoms with Crippen molar-refractivity contribution in [2.75, 3.05) is 0 Å². The number of carbonyl (C=O) groups excluding carboxylic acids is 1. The SMILES string of the molecule is Cc1cc(Cl)cc(C(=O)NC2CCCC2(C)C(=O)O)c1. The molecule has 1 fully saturated rings. The van der Waals surface area contributed by atoms with Crippen LogP contribution < -0.4 is 5.32 Å². The maximum absolute atomic E-state index is 12.3. The summed E-state index contributed by atoms with van der Waals surface area (Å²) in [6.45, 7) is 3.55. The minimum atomic E-state index is -0.886. The molecule has 1 aliphatic carbocycles. The van der Waals surface area contributed by atoms with Crippen molar-refractivity contribution in [1.82, 2.24) is 5.32 Å². The van der Waals surface area contributed by atoms with Gasteiger partial charge >= 0.3 is 5.97 Å². The number of aliphatic carboxylic acids is 1. The summed E-state index contributed by atoms with van der Waals surface area (Å²) in [6, 6.07) is 4.77. The highest BCUT2D eigenvalue weighted by atomic mass is 35.5. The summed E-state index contributed by atoms with van der Waals surface area (Å²) in [6.07, 6.45) is 2.08. The first kappa shape index (κ1) is 14.9. The Bertz CT molecular complexity index is 538. The number of halogens is 1. The van der Waals surface area contributed by atoms with Gasteiger partial charge in [0.15, 0.2) is 0 Å². The van der Waals surface area contributed by atoms with Crippen LogP contribution in [0.5, 0.6) is 0 Å². The lowest BCUT2D eigenvalue weighted by Gasteiger charge is -2.27. The second-order valence-corrected chi connectivity index (χ2v) is 6.09. The summed E-state index contributed by atoms with van der Waals surface area (Å²) >= 11 is 5.94. The zero-order valence-corrected chi connectivity index (χ0v) is 12.3. The van der Waals surface area contributed by atoms with Gasteiger partial charge in [-0.3, -0.25) is 9.59 Å². The van der Waals surface area contributed by atoms with E-state index >= 15 is 0 Å². The Hall–Kier alpha value is -1.55. The Balaban J connectivity index is 2.17. The Morgan fingerprint density at radius 3 is 2.70 bits per heavy atom. The third kappa shape index (κ3) is 2.80. The van der Waals surface area contributed by atoms with Crippen molar-refractivity contribution < 1.29 is 14.7 Å². The maximum Gasteiger partial charge on any atom is 0.311 e. The van der Waals surface area contributed by atoms with Crippen LogP contribution in [0.15, 0.2) is 18.2 Å². The molecule has 0 heterocycles. The zero-order chi connectivity index (χ0) is 14.9. The fourth-order valence-electron chi connectivity index (χ4n) is 2.76. The standard InChI is InChI=1S/C15H18ClNO3/c1-9-6-10(8-11(16)7-9)13(18)17-12-4-3-5-15(12,2)14(19)20/h6-8,12H,3-5H2,1-2H3,(H,17,18)(H,19,20). The number of carboxylic acid groups (broad SMARTS) is 1. The van der Waals surface area contributed by atoms with E-state index in [1.807, 2.05) is 6.92 Å². The third-order valence-corrected chi connectivity index (χ3v) is 4.27. The quantitative estimate of drug-likeness (QED) is 0.901. The van der Waals surface area contributed by atoms with E-state index in [9.17, 15) is 14.7 Å². The number of carboxylic acids is 1. The van der Waals surface area contributed by atoms with Crippen LogP contribution in [0.2, 0.25) is 5.02 Å². The highest BCUT2D eigenvalue weighted by Gasteiger charge is 2.45. The van der Waals surface area contributed by atoms with Gasteiger partial charge < -0.3 is 10.4 Å². The van der Waals surface area contributed by atoms with E-state index in [0.717, 1.165) is 12.0 Å². The molecule has 0 aliphatic heterocycles. The number of hydrogen-bond donors (Lipinski definition) is 2. The predicted octanol–water partition coefficient (Wildman–Crippen LogP) is 3.02. The largest absolute Gasteiger partial charge is 0.481 e. The van der Waals surface area contributed by atoms with Gasteiger partial charge in [-0.15, -0.1) is 0 Å². The van der Waals surface area contributed by atoms with Crippen LogP contribution >= 0.6 is 11.6 Å². The van der Waals surface area contributed by atoms with Gasteiger partial charge in [0.25, 0.3) is 5.91 Å². The smallest absolute Gasteiger partial charge is 0.311 e. The molecule has 2 unspecified atom stereocenters. The first-order valence-corrected chi connectivity index (χ1v) is 7.02. The van der Waals surface area contributed by atoms with E-state index in [0.29, 0.717) is 23.4 Å². The number of amides is 1. The van der Waals surface area contributed by atoms with E-state index < -0.39 is 11.4 Å². The van der Waals surface area contributed by atoms with Crippen molar-refractivity contribution in [3.8, 4) is 0 Å². The monoisotopic (exact) mass is 295 g/mol. The minimum absolute atomic E-state index is 0.269. The number of carbonyl (C=O) groups is 2. The number of nitrogens with one attached hydrogen (secondary N) is 1. The molecule has 0 bridgehead atoms. The van der Waals surface area contributed by atoms with Gasteiger partial charge in [0, 0.05) is 16.6 Å². The molecule has 108 valence electrons. The summed E-state index contributed by atoms with van der Waals surface area (Å²) in [7, 11) is 0. The molecule has 1 aliphatic rings. The van der Waals surface area contributed by atoms with E-state index in [4.69, 9.17) is 11.6 Å². The molecule has 20 heavy (non-hydrogen) atoms. The lowest BCUT2D eigenvalue weighted by molar-refractivity contribution is -0.148. The number of hydrogen-bond acceptors (Lipinski definition) is 2. The molecule has 4 nitrogen and oxygen atoms in total. The van der Waals surface area contributed by atoms with Crippen molar-refractivity contribution in [1.29, 1.82) is 0 Å². The Labute approximate surface area is 123 Å². The maximum atomic E-state index is 12.3. The first-order chi connectivity index (χ1) is 9.33. The number of aryl methyl sites for hydroxylation is 1. The highest BCUT2D eigenvalue weighted by Crippen LogP contribution is 2.38. The molecule has 2 rings (SSSR count). The van der Waals surface area contributed by atoms with Gasteiger partial charge in [0.05, 0.1) is 5.41 Å². The summed E-state index contributed by atoms with van der Waals surface area (Å²) in [5.74, 6) is -1.13. The lowest BCUT2D eigenvalue weighted by atomic mass is 9.85. The highest BCUT2D eigenvalue weighted by molar-refractivity contribution is 6.31. The molecular weight excluding hydrogens is 278 g/mol. The van der Waals surface area contributed by atoms with Crippen LogP contribution in [0.3, 0.4) is 0 Å². The van der Waals surface area contributed by atoms with Crippen molar-refractivity contribution in [3.63, 3.8) is 0 Å². The first-order valence-electron chi connectivity index (χ1n) is 6.64. The summed E-state index contributed by atoms with van der Waals surface area (Å²) in [4.78, 5) is 23.6. The average molecular weight is 296 g/mol. The molecule has 0 spiro atoms. The van der Waals surface area contributed by atoms with Crippen molar-refractivity contribution in [2.24, 2.45) is 5.41 Å². The fraction of sp³-hybridized carbons (Fsp3) is 0.467. The van der Waals surface area contributed by atoms with Gasteiger partial charge in [-0.05, 0) is 50.5 Å². The normalized spacial score (nSPS) is 25.4. The molecule has 1 amide bonds. The molecule has 5 heteroatoms. The van der Waals surface area contributed by atoms with E-state index in [1.165, 1.54) is 0 Å². The zero-order valence-electron chi connectivity index (χ0n) is 11.6. The van der Waals surface area contributed by atoms with Gasteiger partial charge in [-0.25, -0.2) is 0 Å². The molecule has 1 aromatic rings. The van der Waals surface area contributed by atoms with Crippen LogP contribution in [-0.4, -0.2) is 23.0 Å². The number of benzene rings is 1. The topological polar surface area (TPSA) is 66.4 Å². The molecule has 2 N–H and O–H groups in total. The molecule has 0 radical (unpaired) electrons. The van der Waals surface area contributed by atoms with Crippen LogP contribution in [0.1, 0.15) is 42.1 Å². The van der Waals surface area contributed by atoms with Crippen LogP contribution in [0.4, 0.5) is 0 Å². The van der Waals surface area contributed by atoms with Crippen molar-refractivity contribution in [3.05, 3.63) is 34.3 Å².